The molecule has 1 aromatic heterocycles. The molecule has 0 bridgehead atoms. The van der Waals surface area contributed by atoms with Gasteiger partial charge in [-0.05, 0) is 35.9 Å². The molecule has 0 radical (unpaired) electrons. The number of fused-ring (bicyclic) bond motifs is 1. The van der Waals surface area contributed by atoms with Crippen molar-refractivity contribution in [3.63, 3.8) is 0 Å². The molecule has 3 aromatic rings. The van der Waals surface area contributed by atoms with Crippen LogP contribution in [0.5, 0.6) is 5.75 Å². The second-order valence-electron chi connectivity index (χ2n) is 7.02. The van der Waals surface area contributed by atoms with Gasteiger partial charge in [-0.3, -0.25) is 4.79 Å². The van der Waals surface area contributed by atoms with E-state index in [1.807, 2.05) is 0 Å². The molecule has 1 aliphatic heterocycles. The van der Waals surface area contributed by atoms with Crippen LogP contribution in [0.15, 0.2) is 48.5 Å². The number of benzene rings is 2. The van der Waals surface area contributed by atoms with Crippen molar-refractivity contribution < 1.29 is 23.1 Å². The molecular formula is C20H15Cl2F3N4O2. The molecule has 1 amide bonds. The Morgan fingerprint density at radius 2 is 1.81 bits per heavy atom. The summed E-state index contributed by atoms with van der Waals surface area (Å²) in [5.74, 6) is -0.977. The highest BCUT2D eigenvalue weighted by molar-refractivity contribution is 6.31. The molecule has 31 heavy (non-hydrogen) atoms. The molecule has 0 aliphatic carbocycles. The number of anilines is 2. The Morgan fingerprint density at radius 1 is 1.13 bits per heavy atom. The third kappa shape index (κ3) is 4.42. The molecule has 2 atom stereocenters. The molecule has 0 fully saturated rings. The first-order chi connectivity index (χ1) is 14.6. The number of aromatic hydroxyl groups is 1. The lowest BCUT2D eigenvalue weighted by Gasteiger charge is -2.33. The van der Waals surface area contributed by atoms with Crippen molar-refractivity contribution in [3.8, 4) is 5.75 Å². The number of carbonyl (C=O) groups excluding carboxylic acids is 1. The monoisotopic (exact) mass is 470 g/mol. The minimum atomic E-state index is -4.58. The molecule has 0 spiro atoms. The summed E-state index contributed by atoms with van der Waals surface area (Å²) in [7, 11) is 0. The SMILES string of the molecule is O=C(Nc1cc(Cl)ccc1O)c1cc2n(n1)[C@H](C(F)(F)F)C[C@H](c1ccc(Cl)cc1)N2. The lowest BCUT2D eigenvalue weighted by atomic mass is 9.97. The number of nitrogens with zero attached hydrogens (tertiary/aromatic N) is 2. The highest BCUT2D eigenvalue weighted by atomic mass is 35.5. The van der Waals surface area contributed by atoms with Gasteiger partial charge < -0.3 is 15.7 Å². The van der Waals surface area contributed by atoms with Crippen LogP contribution in [0.3, 0.4) is 0 Å². The fourth-order valence-corrected chi connectivity index (χ4v) is 3.69. The first-order valence-corrected chi connectivity index (χ1v) is 9.85. The summed E-state index contributed by atoms with van der Waals surface area (Å²) < 4.78 is 42.1. The van der Waals surface area contributed by atoms with E-state index in [1.165, 1.54) is 24.3 Å². The van der Waals surface area contributed by atoms with Gasteiger partial charge in [0, 0.05) is 22.5 Å². The molecule has 162 valence electrons. The van der Waals surface area contributed by atoms with Gasteiger partial charge in [-0.25, -0.2) is 4.68 Å². The lowest BCUT2D eigenvalue weighted by molar-refractivity contribution is -0.173. The molecule has 6 nitrogen and oxygen atoms in total. The Kier molecular flexibility index (Phi) is 5.49. The van der Waals surface area contributed by atoms with E-state index in [4.69, 9.17) is 23.2 Å². The maximum absolute atomic E-state index is 13.8. The predicted molar refractivity (Wildman–Crippen MR) is 111 cm³/mol. The lowest BCUT2D eigenvalue weighted by Crippen LogP contribution is -2.35. The van der Waals surface area contributed by atoms with E-state index < -0.39 is 24.2 Å². The van der Waals surface area contributed by atoms with E-state index in [2.05, 4.69) is 15.7 Å². The second-order valence-corrected chi connectivity index (χ2v) is 7.89. The number of halogens is 5. The van der Waals surface area contributed by atoms with Crippen LogP contribution < -0.4 is 10.6 Å². The average Bonchev–Trinajstić information content (AvgIpc) is 3.14. The quantitative estimate of drug-likeness (QED) is 0.422. The summed E-state index contributed by atoms with van der Waals surface area (Å²) >= 11 is 11.7. The van der Waals surface area contributed by atoms with Crippen LogP contribution in [0, 0.1) is 0 Å². The summed E-state index contributed by atoms with van der Waals surface area (Å²) in [5.41, 5.74) is 0.400. The van der Waals surface area contributed by atoms with Gasteiger partial charge in [0.25, 0.3) is 5.91 Å². The van der Waals surface area contributed by atoms with Crippen molar-refractivity contribution in [1.29, 1.82) is 0 Å². The number of carbonyl (C=O) groups is 1. The molecule has 3 N–H and O–H groups in total. The van der Waals surface area contributed by atoms with Crippen molar-refractivity contribution in [3.05, 3.63) is 69.8 Å². The number of alkyl halides is 3. The van der Waals surface area contributed by atoms with E-state index in [0.717, 1.165) is 4.68 Å². The predicted octanol–water partition coefficient (Wildman–Crippen LogP) is 5.81. The van der Waals surface area contributed by atoms with Gasteiger partial charge in [0.2, 0.25) is 0 Å². The number of nitrogens with one attached hydrogen (secondary N) is 2. The summed E-state index contributed by atoms with van der Waals surface area (Å²) in [4.78, 5) is 12.6. The number of phenols is 1. The molecule has 0 saturated carbocycles. The smallest absolute Gasteiger partial charge is 0.410 e. The average molecular weight is 471 g/mol. The molecule has 11 heteroatoms. The maximum Gasteiger partial charge on any atom is 0.410 e. The van der Waals surface area contributed by atoms with Gasteiger partial charge in [-0.15, -0.1) is 0 Å². The minimum Gasteiger partial charge on any atom is -0.506 e. The molecular weight excluding hydrogens is 456 g/mol. The van der Waals surface area contributed by atoms with Gasteiger partial charge in [0.15, 0.2) is 11.7 Å². The van der Waals surface area contributed by atoms with Crippen LogP contribution >= 0.6 is 23.2 Å². The van der Waals surface area contributed by atoms with E-state index in [1.54, 1.807) is 24.3 Å². The van der Waals surface area contributed by atoms with Gasteiger partial charge in [-0.1, -0.05) is 35.3 Å². The molecule has 2 heterocycles. The van der Waals surface area contributed by atoms with Gasteiger partial charge in [0.05, 0.1) is 11.7 Å². The van der Waals surface area contributed by atoms with Crippen LogP contribution in [0.4, 0.5) is 24.7 Å². The van der Waals surface area contributed by atoms with E-state index >= 15 is 0 Å². The summed E-state index contributed by atoms with van der Waals surface area (Å²) in [6.45, 7) is 0. The van der Waals surface area contributed by atoms with Gasteiger partial charge in [0.1, 0.15) is 11.6 Å². The van der Waals surface area contributed by atoms with Gasteiger partial charge >= 0.3 is 6.18 Å². The topological polar surface area (TPSA) is 79.2 Å². The van der Waals surface area contributed by atoms with E-state index in [-0.39, 0.29) is 34.4 Å². The van der Waals surface area contributed by atoms with Gasteiger partial charge in [-0.2, -0.15) is 18.3 Å². The standard InChI is InChI=1S/C20H15Cl2F3N4O2/c21-11-3-1-10(2-4-11)13-8-17(20(23,24)25)29-18(26-13)9-15(28-29)19(31)27-14-7-12(22)5-6-16(14)30/h1-7,9,13,17,26,30H,8H2,(H,27,31)/t13-,17+/m1/s1. The zero-order valence-corrected chi connectivity index (χ0v) is 17.1. The number of aromatic nitrogens is 2. The Morgan fingerprint density at radius 3 is 2.48 bits per heavy atom. The highest BCUT2D eigenvalue weighted by Crippen LogP contribution is 2.43. The Balaban J connectivity index is 1.65. The van der Waals surface area contributed by atoms with Crippen LogP contribution in [0.25, 0.3) is 0 Å². The van der Waals surface area contributed by atoms with Crippen LogP contribution in [-0.2, 0) is 0 Å². The van der Waals surface area contributed by atoms with Crippen molar-refractivity contribution in [2.45, 2.75) is 24.7 Å². The first kappa shape index (κ1) is 21.3. The zero-order chi connectivity index (χ0) is 22.3. The Bertz CT molecular complexity index is 1130. The van der Waals surface area contributed by atoms with Crippen LogP contribution in [0.2, 0.25) is 10.0 Å². The zero-order valence-electron chi connectivity index (χ0n) is 15.6. The molecule has 0 unspecified atom stereocenters. The molecule has 4 rings (SSSR count). The van der Waals surface area contributed by atoms with Crippen molar-refractivity contribution in [2.24, 2.45) is 0 Å². The fourth-order valence-electron chi connectivity index (χ4n) is 3.39. The number of amides is 1. The summed E-state index contributed by atoms with van der Waals surface area (Å²) in [6, 6.07) is 9.18. The number of phenolic OH excluding ortho intramolecular Hbond substituents is 1. The van der Waals surface area contributed by atoms with Crippen molar-refractivity contribution in [1.82, 2.24) is 9.78 Å². The third-order valence-corrected chi connectivity index (χ3v) is 5.39. The van der Waals surface area contributed by atoms with E-state index in [0.29, 0.717) is 10.6 Å². The van der Waals surface area contributed by atoms with Crippen LogP contribution in [0.1, 0.15) is 34.6 Å². The molecule has 0 saturated heterocycles. The first-order valence-electron chi connectivity index (χ1n) is 9.10. The fraction of sp³-hybridized carbons (Fsp3) is 0.200. The third-order valence-electron chi connectivity index (χ3n) is 4.90. The summed E-state index contributed by atoms with van der Waals surface area (Å²) in [6.07, 6.45) is -4.89. The normalized spacial score (nSPS) is 18.2. The minimum absolute atomic E-state index is 0.0165. The molecule has 2 aromatic carbocycles. The summed E-state index contributed by atoms with van der Waals surface area (Å²) in [5, 5.41) is 19.9. The Hall–Kier alpha value is -2.91. The van der Waals surface area contributed by atoms with Crippen LogP contribution in [-0.4, -0.2) is 27.0 Å². The van der Waals surface area contributed by atoms with Crippen molar-refractivity contribution in [2.75, 3.05) is 10.6 Å². The number of rotatable bonds is 3. The maximum atomic E-state index is 13.8. The number of hydrogen-bond acceptors (Lipinski definition) is 4. The highest BCUT2D eigenvalue weighted by Gasteiger charge is 2.46. The van der Waals surface area contributed by atoms with Crippen molar-refractivity contribution >= 4 is 40.6 Å². The second kappa shape index (κ2) is 7.97. The number of hydrogen-bond donors (Lipinski definition) is 3. The Labute approximate surface area is 184 Å². The largest absolute Gasteiger partial charge is 0.506 e. The van der Waals surface area contributed by atoms with E-state index in [9.17, 15) is 23.1 Å². The molecule has 1 aliphatic rings.